The van der Waals surface area contributed by atoms with Gasteiger partial charge in [0, 0.05) is 26.2 Å². The summed E-state index contributed by atoms with van der Waals surface area (Å²) in [6.07, 6.45) is 3.98. The molecule has 17 heavy (non-hydrogen) atoms. The maximum Gasteiger partial charge on any atom is 0.0109 e. The van der Waals surface area contributed by atoms with E-state index >= 15 is 0 Å². The number of piperidine rings is 1. The molecule has 0 aromatic rings. The standard InChI is InChI=1S/C14H31N3/c1-5-9-17(11-10-16(3)4)13-14(2)7-6-8-15-12-14/h15H,5-13H2,1-4H3. The number of hydrogen-bond donors (Lipinski definition) is 1. The van der Waals surface area contributed by atoms with Crippen LogP contribution in [-0.4, -0.2) is 63.2 Å². The van der Waals surface area contributed by atoms with Crippen LogP contribution in [0.15, 0.2) is 0 Å². The average molecular weight is 241 g/mol. The van der Waals surface area contributed by atoms with Gasteiger partial charge in [0.15, 0.2) is 0 Å². The van der Waals surface area contributed by atoms with Crippen molar-refractivity contribution in [1.29, 1.82) is 0 Å². The Bertz CT molecular complexity index is 198. The highest BCUT2D eigenvalue weighted by Crippen LogP contribution is 2.26. The summed E-state index contributed by atoms with van der Waals surface area (Å²) in [6.45, 7) is 12.0. The number of nitrogens with one attached hydrogen (secondary N) is 1. The maximum absolute atomic E-state index is 3.55. The molecule has 3 nitrogen and oxygen atoms in total. The van der Waals surface area contributed by atoms with Gasteiger partial charge in [-0.3, -0.25) is 0 Å². The van der Waals surface area contributed by atoms with E-state index in [2.05, 4.69) is 43.1 Å². The first-order valence-electron chi connectivity index (χ1n) is 7.13. The second-order valence-electron chi connectivity index (χ2n) is 6.17. The summed E-state index contributed by atoms with van der Waals surface area (Å²) in [7, 11) is 4.32. The van der Waals surface area contributed by atoms with Gasteiger partial charge in [-0.05, 0) is 51.9 Å². The van der Waals surface area contributed by atoms with Gasteiger partial charge in [0.1, 0.15) is 0 Å². The number of hydrogen-bond acceptors (Lipinski definition) is 3. The lowest BCUT2D eigenvalue weighted by Crippen LogP contribution is -2.47. The Kier molecular flexibility index (Phi) is 6.45. The predicted octanol–water partition coefficient (Wildman–Crippen LogP) is 1.65. The molecule has 0 aromatic heterocycles. The van der Waals surface area contributed by atoms with Crippen LogP contribution in [-0.2, 0) is 0 Å². The Morgan fingerprint density at radius 1 is 1.18 bits per heavy atom. The van der Waals surface area contributed by atoms with Crippen molar-refractivity contribution in [1.82, 2.24) is 15.1 Å². The second-order valence-corrected chi connectivity index (χ2v) is 6.17. The molecule has 1 fully saturated rings. The van der Waals surface area contributed by atoms with Crippen LogP contribution in [0.2, 0.25) is 0 Å². The van der Waals surface area contributed by atoms with Crippen molar-refractivity contribution >= 4 is 0 Å². The molecule has 0 aromatic carbocycles. The lowest BCUT2D eigenvalue weighted by atomic mass is 9.82. The summed E-state index contributed by atoms with van der Waals surface area (Å²) in [5.74, 6) is 0. The molecule has 1 atom stereocenters. The molecule has 1 heterocycles. The van der Waals surface area contributed by atoms with E-state index in [4.69, 9.17) is 0 Å². The zero-order valence-corrected chi connectivity index (χ0v) is 12.3. The Balaban J connectivity index is 2.40. The second kappa shape index (κ2) is 7.34. The summed E-state index contributed by atoms with van der Waals surface area (Å²) in [5, 5.41) is 3.55. The van der Waals surface area contributed by atoms with E-state index in [1.807, 2.05) is 0 Å². The molecule has 0 radical (unpaired) electrons. The van der Waals surface area contributed by atoms with Crippen LogP contribution in [0.4, 0.5) is 0 Å². The summed E-state index contributed by atoms with van der Waals surface area (Å²) in [6, 6.07) is 0. The minimum absolute atomic E-state index is 0.486. The van der Waals surface area contributed by atoms with Gasteiger partial charge in [-0.2, -0.15) is 0 Å². The highest BCUT2D eigenvalue weighted by molar-refractivity contribution is 4.84. The first kappa shape index (κ1) is 14.9. The van der Waals surface area contributed by atoms with Gasteiger partial charge in [0.05, 0.1) is 0 Å². The number of likely N-dealkylation sites (N-methyl/N-ethyl adjacent to an activating group) is 1. The lowest BCUT2D eigenvalue weighted by Gasteiger charge is -2.39. The van der Waals surface area contributed by atoms with E-state index in [9.17, 15) is 0 Å². The zero-order valence-electron chi connectivity index (χ0n) is 12.3. The van der Waals surface area contributed by atoms with E-state index in [0.717, 1.165) is 0 Å². The molecular weight excluding hydrogens is 210 g/mol. The number of rotatable bonds is 7. The molecule has 1 unspecified atom stereocenters. The SMILES string of the molecule is CCCN(CCN(C)C)CC1(C)CCCNC1. The van der Waals surface area contributed by atoms with Gasteiger partial charge in [-0.1, -0.05) is 13.8 Å². The van der Waals surface area contributed by atoms with Crippen molar-refractivity contribution in [3.05, 3.63) is 0 Å². The Morgan fingerprint density at radius 3 is 2.47 bits per heavy atom. The van der Waals surface area contributed by atoms with Crippen LogP contribution in [0.3, 0.4) is 0 Å². The Morgan fingerprint density at radius 2 is 1.94 bits per heavy atom. The molecule has 1 rings (SSSR count). The quantitative estimate of drug-likeness (QED) is 0.731. The molecule has 0 amide bonds. The van der Waals surface area contributed by atoms with E-state index in [1.54, 1.807) is 0 Å². The van der Waals surface area contributed by atoms with Gasteiger partial charge in [-0.15, -0.1) is 0 Å². The van der Waals surface area contributed by atoms with Gasteiger partial charge in [0.2, 0.25) is 0 Å². The van der Waals surface area contributed by atoms with Crippen LogP contribution < -0.4 is 5.32 Å². The van der Waals surface area contributed by atoms with Gasteiger partial charge >= 0.3 is 0 Å². The normalized spacial score (nSPS) is 25.8. The van der Waals surface area contributed by atoms with Gasteiger partial charge in [-0.25, -0.2) is 0 Å². The molecule has 0 bridgehead atoms. The van der Waals surface area contributed by atoms with Crippen molar-refractivity contribution in [2.75, 3.05) is 53.4 Å². The molecule has 3 heteroatoms. The van der Waals surface area contributed by atoms with Crippen molar-refractivity contribution in [3.8, 4) is 0 Å². The largest absolute Gasteiger partial charge is 0.316 e. The fraction of sp³-hybridized carbons (Fsp3) is 1.00. The van der Waals surface area contributed by atoms with Crippen molar-refractivity contribution < 1.29 is 0 Å². The molecule has 1 N–H and O–H groups in total. The molecule has 0 spiro atoms. The summed E-state index contributed by atoms with van der Waals surface area (Å²) < 4.78 is 0. The van der Waals surface area contributed by atoms with Gasteiger partial charge < -0.3 is 15.1 Å². The minimum atomic E-state index is 0.486. The topological polar surface area (TPSA) is 18.5 Å². The molecule has 1 saturated heterocycles. The number of nitrogens with zero attached hydrogens (tertiary/aromatic N) is 2. The van der Waals surface area contributed by atoms with E-state index < -0.39 is 0 Å². The highest BCUT2D eigenvalue weighted by atomic mass is 15.2. The lowest BCUT2D eigenvalue weighted by molar-refractivity contribution is 0.126. The summed E-state index contributed by atoms with van der Waals surface area (Å²) in [4.78, 5) is 4.93. The minimum Gasteiger partial charge on any atom is -0.316 e. The summed E-state index contributed by atoms with van der Waals surface area (Å²) >= 11 is 0. The fourth-order valence-electron chi connectivity index (χ4n) is 2.72. The van der Waals surface area contributed by atoms with Gasteiger partial charge in [0.25, 0.3) is 0 Å². The van der Waals surface area contributed by atoms with Crippen LogP contribution in [0.1, 0.15) is 33.1 Å². The monoisotopic (exact) mass is 241 g/mol. The van der Waals surface area contributed by atoms with Crippen LogP contribution in [0.25, 0.3) is 0 Å². The van der Waals surface area contributed by atoms with Crippen molar-refractivity contribution in [3.63, 3.8) is 0 Å². The zero-order chi connectivity index (χ0) is 12.7. The third kappa shape index (κ3) is 5.84. The van der Waals surface area contributed by atoms with E-state index in [1.165, 1.54) is 58.5 Å². The molecular formula is C14H31N3. The first-order valence-corrected chi connectivity index (χ1v) is 7.13. The molecule has 1 aliphatic heterocycles. The first-order chi connectivity index (χ1) is 8.06. The average Bonchev–Trinajstić information content (AvgIpc) is 2.27. The maximum atomic E-state index is 3.55. The Hall–Kier alpha value is -0.120. The smallest absolute Gasteiger partial charge is 0.0109 e. The Labute approximate surface area is 108 Å². The molecule has 1 aliphatic rings. The van der Waals surface area contributed by atoms with Crippen LogP contribution >= 0.6 is 0 Å². The van der Waals surface area contributed by atoms with Crippen molar-refractivity contribution in [2.24, 2.45) is 5.41 Å². The van der Waals surface area contributed by atoms with E-state index in [-0.39, 0.29) is 0 Å². The third-order valence-electron chi connectivity index (χ3n) is 3.69. The van der Waals surface area contributed by atoms with E-state index in [0.29, 0.717) is 5.41 Å². The molecule has 0 aliphatic carbocycles. The van der Waals surface area contributed by atoms with Crippen LogP contribution in [0.5, 0.6) is 0 Å². The fourth-order valence-corrected chi connectivity index (χ4v) is 2.72. The van der Waals surface area contributed by atoms with Crippen molar-refractivity contribution in [2.45, 2.75) is 33.1 Å². The van der Waals surface area contributed by atoms with Crippen LogP contribution in [0, 0.1) is 5.41 Å². The third-order valence-corrected chi connectivity index (χ3v) is 3.69. The highest BCUT2D eigenvalue weighted by Gasteiger charge is 2.28. The predicted molar refractivity (Wildman–Crippen MR) is 75.5 cm³/mol. The molecule has 0 saturated carbocycles. The summed E-state index contributed by atoms with van der Waals surface area (Å²) in [5.41, 5.74) is 0.486. The molecule has 102 valence electrons.